The molecule has 0 amide bonds. The van der Waals surface area contributed by atoms with Crippen LogP contribution in [0.1, 0.15) is 0 Å². The molecule has 7 nitrogen and oxygen atoms in total. The van der Waals surface area contributed by atoms with Crippen LogP contribution in [-0.2, 0) is 4.74 Å². The van der Waals surface area contributed by atoms with E-state index in [0.29, 0.717) is 5.82 Å². The van der Waals surface area contributed by atoms with E-state index >= 15 is 0 Å². The molecule has 4 rings (SSSR count). The number of para-hydroxylation sites is 1. The third-order valence-electron chi connectivity index (χ3n) is 4.14. The Morgan fingerprint density at radius 2 is 2.12 bits per heavy atom. The van der Waals surface area contributed by atoms with E-state index in [1.807, 2.05) is 18.2 Å². The van der Waals surface area contributed by atoms with Gasteiger partial charge in [-0.25, -0.2) is 4.98 Å². The van der Waals surface area contributed by atoms with Gasteiger partial charge in [0.05, 0.1) is 29.0 Å². The van der Waals surface area contributed by atoms with Gasteiger partial charge in [0.25, 0.3) is 0 Å². The molecule has 0 aliphatic carbocycles. The van der Waals surface area contributed by atoms with Gasteiger partial charge in [-0.1, -0.05) is 12.1 Å². The molecule has 0 atom stereocenters. The number of benzene rings is 1. The molecule has 0 spiro atoms. The Bertz CT molecular complexity index is 790. The van der Waals surface area contributed by atoms with Crippen molar-refractivity contribution in [1.29, 1.82) is 0 Å². The van der Waals surface area contributed by atoms with Crippen LogP contribution in [-0.4, -0.2) is 59.5 Å². The summed E-state index contributed by atoms with van der Waals surface area (Å²) in [7, 11) is 0. The minimum absolute atomic E-state index is 0.475. The van der Waals surface area contributed by atoms with Gasteiger partial charge >= 0.3 is 0 Å². The van der Waals surface area contributed by atoms with Crippen LogP contribution in [0.5, 0.6) is 0 Å². The Labute approximate surface area is 143 Å². The molecule has 24 heavy (non-hydrogen) atoms. The highest BCUT2D eigenvalue weighted by atomic mass is 32.1. The number of rotatable bonds is 5. The van der Waals surface area contributed by atoms with Gasteiger partial charge in [0.1, 0.15) is 10.8 Å². The van der Waals surface area contributed by atoms with E-state index in [4.69, 9.17) is 10.5 Å². The predicted molar refractivity (Wildman–Crippen MR) is 97.4 cm³/mol. The zero-order valence-corrected chi connectivity index (χ0v) is 14.1. The molecule has 3 aromatic rings. The summed E-state index contributed by atoms with van der Waals surface area (Å²) in [5.41, 5.74) is 7.91. The molecule has 1 aliphatic heterocycles. The number of fused-ring (bicyclic) bond motifs is 1. The maximum absolute atomic E-state index is 6.07. The van der Waals surface area contributed by atoms with Crippen molar-refractivity contribution in [2.45, 2.75) is 0 Å². The van der Waals surface area contributed by atoms with Crippen molar-refractivity contribution in [3.8, 4) is 10.6 Å². The highest BCUT2D eigenvalue weighted by Crippen LogP contribution is 2.36. The molecule has 1 aromatic carbocycles. The lowest BCUT2D eigenvalue weighted by Gasteiger charge is -2.26. The summed E-state index contributed by atoms with van der Waals surface area (Å²) in [5, 5.41) is 11.4. The minimum atomic E-state index is 0.475. The van der Waals surface area contributed by atoms with Crippen LogP contribution in [0, 0.1) is 0 Å². The molecule has 0 bridgehead atoms. The highest BCUT2D eigenvalue weighted by molar-refractivity contribution is 7.21. The number of nitrogens with one attached hydrogen (secondary N) is 2. The second kappa shape index (κ2) is 6.76. The van der Waals surface area contributed by atoms with Crippen molar-refractivity contribution in [2.24, 2.45) is 0 Å². The Hall–Kier alpha value is -2.16. The number of hydrogen-bond acceptors (Lipinski definition) is 7. The number of ether oxygens (including phenoxy) is 1. The van der Waals surface area contributed by atoms with E-state index in [1.54, 1.807) is 11.3 Å². The van der Waals surface area contributed by atoms with Gasteiger partial charge in [-0.15, -0.1) is 11.3 Å². The van der Waals surface area contributed by atoms with E-state index in [9.17, 15) is 0 Å². The SMILES string of the molecule is Nc1n[nH]c(NCCN2CCOCC2)c1-c1nc2ccccc2s1. The van der Waals surface area contributed by atoms with Crippen LogP contribution < -0.4 is 11.1 Å². The van der Waals surface area contributed by atoms with E-state index in [1.165, 1.54) is 0 Å². The summed E-state index contributed by atoms with van der Waals surface area (Å²) in [5.74, 6) is 1.31. The first-order valence-electron chi connectivity index (χ1n) is 8.05. The van der Waals surface area contributed by atoms with Gasteiger partial charge < -0.3 is 15.8 Å². The second-order valence-electron chi connectivity index (χ2n) is 5.73. The Morgan fingerprint density at radius 3 is 2.96 bits per heavy atom. The van der Waals surface area contributed by atoms with Crippen molar-refractivity contribution in [3.05, 3.63) is 24.3 Å². The standard InChI is InChI=1S/C16H20N6OS/c17-14-13(16-19-11-3-1-2-4-12(11)24-16)15(21-20-14)18-5-6-22-7-9-23-10-8-22/h1-4H,5-10H2,(H4,17,18,20,21). The first-order chi connectivity index (χ1) is 11.8. The molecule has 0 radical (unpaired) electrons. The second-order valence-corrected chi connectivity index (χ2v) is 6.76. The predicted octanol–water partition coefficient (Wildman–Crippen LogP) is 2.01. The van der Waals surface area contributed by atoms with Crippen LogP contribution in [0.4, 0.5) is 11.6 Å². The maximum Gasteiger partial charge on any atom is 0.157 e. The van der Waals surface area contributed by atoms with Crippen molar-refractivity contribution in [2.75, 3.05) is 50.4 Å². The molecule has 3 heterocycles. The van der Waals surface area contributed by atoms with Gasteiger partial charge in [-0.3, -0.25) is 10.00 Å². The first-order valence-corrected chi connectivity index (χ1v) is 8.86. The number of hydrogen-bond donors (Lipinski definition) is 3. The number of anilines is 2. The summed E-state index contributed by atoms with van der Waals surface area (Å²) in [6.07, 6.45) is 0. The van der Waals surface area contributed by atoms with Crippen molar-refractivity contribution in [1.82, 2.24) is 20.1 Å². The van der Waals surface area contributed by atoms with E-state index in [-0.39, 0.29) is 0 Å². The average Bonchev–Trinajstić information content (AvgIpc) is 3.19. The normalized spacial score (nSPS) is 15.8. The zero-order chi connectivity index (χ0) is 16.4. The first kappa shape index (κ1) is 15.4. The fourth-order valence-corrected chi connectivity index (χ4v) is 3.87. The summed E-state index contributed by atoms with van der Waals surface area (Å²) in [6, 6.07) is 8.09. The highest BCUT2D eigenvalue weighted by Gasteiger charge is 2.17. The van der Waals surface area contributed by atoms with Crippen LogP contribution in [0.15, 0.2) is 24.3 Å². The topological polar surface area (TPSA) is 92.1 Å². The van der Waals surface area contributed by atoms with Crippen LogP contribution >= 0.6 is 11.3 Å². The quantitative estimate of drug-likeness (QED) is 0.656. The molecule has 1 saturated heterocycles. The maximum atomic E-state index is 6.07. The fraction of sp³-hybridized carbons (Fsp3) is 0.375. The lowest BCUT2D eigenvalue weighted by molar-refractivity contribution is 0.0398. The van der Waals surface area contributed by atoms with Crippen molar-refractivity contribution >= 4 is 33.2 Å². The molecule has 2 aromatic heterocycles. The molecule has 1 fully saturated rings. The van der Waals surface area contributed by atoms with Gasteiger partial charge in [-0.2, -0.15) is 5.10 Å². The summed E-state index contributed by atoms with van der Waals surface area (Å²) < 4.78 is 6.52. The zero-order valence-electron chi connectivity index (χ0n) is 13.3. The number of nitrogen functional groups attached to an aromatic ring is 1. The third kappa shape index (κ3) is 3.08. The molecule has 8 heteroatoms. The Balaban J connectivity index is 1.50. The van der Waals surface area contributed by atoms with E-state index < -0.39 is 0 Å². The molecule has 0 saturated carbocycles. The smallest absolute Gasteiger partial charge is 0.157 e. The van der Waals surface area contributed by atoms with Crippen LogP contribution in [0.25, 0.3) is 20.8 Å². The Morgan fingerprint density at radius 1 is 1.29 bits per heavy atom. The molecule has 126 valence electrons. The van der Waals surface area contributed by atoms with Gasteiger partial charge in [0.2, 0.25) is 0 Å². The molecular weight excluding hydrogens is 324 g/mol. The number of nitrogens with zero attached hydrogens (tertiary/aromatic N) is 3. The number of H-pyrrole nitrogens is 1. The van der Waals surface area contributed by atoms with E-state index in [2.05, 4.69) is 31.5 Å². The fourth-order valence-electron chi connectivity index (χ4n) is 2.84. The molecule has 1 aliphatic rings. The summed E-state index contributed by atoms with van der Waals surface area (Å²) in [6.45, 7) is 5.37. The van der Waals surface area contributed by atoms with Gasteiger partial charge in [0.15, 0.2) is 5.82 Å². The number of morpholine rings is 1. The number of aromatic amines is 1. The average molecular weight is 344 g/mol. The van der Waals surface area contributed by atoms with Crippen molar-refractivity contribution < 1.29 is 4.74 Å². The van der Waals surface area contributed by atoms with Crippen LogP contribution in [0.2, 0.25) is 0 Å². The van der Waals surface area contributed by atoms with Crippen LogP contribution in [0.3, 0.4) is 0 Å². The minimum Gasteiger partial charge on any atom is -0.382 e. The largest absolute Gasteiger partial charge is 0.382 e. The monoisotopic (exact) mass is 344 g/mol. The lowest BCUT2D eigenvalue weighted by Crippen LogP contribution is -2.39. The number of nitrogens with two attached hydrogens (primary N) is 1. The van der Waals surface area contributed by atoms with Gasteiger partial charge in [0, 0.05) is 26.2 Å². The molecular formula is C16H20N6OS. The van der Waals surface area contributed by atoms with Gasteiger partial charge in [-0.05, 0) is 12.1 Å². The third-order valence-corrected chi connectivity index (χ3v) is 5.19. The molecule has 4 N–H and O–H groups in total. The number of thiazole rings is 1. The molecule has 0 unspecified atom stereocenters. The summed E-state index contributed by atoms with van der Waals surface area (Å²) in [4.78, 5) is 7.07. The number of aromatic nitrogens is 3. The van der Waals surface area contributed by atoms with Crippen molar-refractivity contribution in [3.63, 3.8) is 0 Å². The Kier molecular flexibility index (Phi) is 4.33. The lowest BCUT2D eigenvalue weighted by atomic mass is 10.3. The van der Waals surface area contributed by atoms with E-state index in [0.717, 1.165) is 66.0 Å². The summed E-state index contributed by atoms with van der Waals surface area (Å²) >= 11 is 1.63.